The number of unbranched alkanes of at least 4 members (excludes halogenated alkanes) is 4. The molecule has 0 spiro atoms. The van der Waals surface area contributed by atoms with Gasteiger partial charge in [-0.1, -0.05) is 80.8 Å². The van der Waals surface area contributed by atoms with Crippen molar-refractivity contribution in [1.29, 1.82) is 0 Å². The van der Waals surface area contributed by atoms with Crippen molar-refractivity contribution in [2.45, 2.75) is 57.4 Å². The minimum Gasteiger partial charge on any atom is -0.410 e. The van der Waals surface area contributed by atoms with Gasteiger partial charge in [0.1, 0.15) is 5.75 Å². The van der Waals surface area contributed by atoms with E-state index in [1.807, 2.05) is 24.3 Å². The van der Waals surface area contributed by atoms with Gasteiger partial charge < -0.3 is 15.0 Å². The molecule has 1 amide bonds. The van der Waals surface area contributed by atoms with E-state index in [1.165, 1.54) is 30.0 Å². The zero-order valence-electron chi connectivity index (χ0n) is 20.4. The summed E-state index contributed by atoms with van der Waals surface area (Å²) in [6, 6.07) is 20.3. The molecule has 6 heteroatoms. The van der Waals surface area contributed by atoms with Crippen LogP contribution < -0.4 is 15.0 Å². The Morgan fingerprint density at radius 1 is 0.971 bits per heavy atom. The zero-order valence-corrected chi connectivity index (χ0v) is 21.2. The van der Waals surface area contributed by atoms with Crippen LogP contribution in [0.3, 0.4) is 0 Å². The molecule has 0 fully saturated rings. The SMILES string of the molecule is CCCCCCCNC(=O)Oc1ccc2c(c1)N(Cc1ccc3ccccc3c1)/C(=C/C(C)=O)S2. The molecule has 0 radical (unpaired) electrons. The molecule has 4 rings (SSSR count). The highest BCUT2D eigenvalue weighted by Crippen LogP contribution is 2.48. The molecule has 35 heavy (non-hydrogen) atoms. The van der Waals surface area contributed by atoms with Crippen molar-refractivity contribution in [2.75, 3.05) is 11.4 Å². The summed E-state index contributed by atoms with van der Waals surface area (Å²) in [5.74, 6) is 0.485. The minimum atomic E-state index is -0.438. The number of benzene rings is 3. The number of ether oxygens (including phenoxy) is 1. The lowest BCUT2D eigenvalue weighted by atomic mass is 10.1. The van der Waals surface area contributed by atoms with E-state index in [-0.39, 0.29) is 5.78 Å². The fourth-order valence-electron chi connectivity index (χ4n) is 4.17. The number of nitrogens with one attached hydrogen (secondary N) is 1. The molecule has 0 unspecified atom stereocenters. The molecule has 1 aliphatic heterocycles. The number of anilines is 1. The van der Waals surface area contributed by atoms with Crippen LogP contribution in [0.25, 0.3) is 10.8 Å². The molecule has 0 atom stereocenters. The Morgan fingerprint density at radius 2 is 1.77 bits per heavy atom. The average molecular weight is 489 g/mol. The molecular weight excluding hydrogens is 456 g/mol. The summed E-state index contributed by atoms with van der Waals surface area (Å²) in [6.07, 6.45) is 6.91. The van der Waals surface area contributed by atoms with Gasteiger partial charge in [-0.3, -0.25) is 4.79 Å². The number of fused-ring (bicyclic) bond motifs is 2. The van der Waals surface area contributed by atoms with Crippen molar-refractivity contribution in [3.63, 3.8) is 0 Å². The van der Waals surface area contributed by atoms with Crippen LogP contribution in [0.2, 0.25) is 0 Å². The summed E-state index contributed by atoms with van der Waals surface area (Å²) in [5, 5.41) is 6.08. The monoisotopic (exact) mass is 488 g/mol. The lowest BCUT2D eigenvalue weighted by Gasteiger charge is -2.21. The first-order valence-electron chi connectivity index (χ1n) is 12.3. The molecule has 0 saturated heterocycles. The van der Waals surface area contributed by atoms with E-state index in [0.29, 0.717) is 18.8 Å². The quantitative estimate of drug-likeness (QED) is 0.237. The highest BCUT2D eigenvalue weighted by atomic mass is 32.2. The number of thioether (sulfide) groups is 1. The van der Waals surface area contributed by atoms with Crippen molar-refractivity contribution >= 4 is 40.1 Å². The van der Waals surface area contributed by atoms with Gasteiger partial charge in [0.05, 0.1) is 10.7 Å². The van der Waals surface area contributed by atoms with Crippen LogP contribution in [-0.2, 0) is 11.3 Å². The van der Waals surface area contributed by atoms with Gasteiger partial charge in [0.2, 0.25) is 0 Å². The van der Waals surface area contributed by atoms with E-state index in [1.54, 1.807) is 30.8 Å². The average Bonchev–Trinajstić information content (AvgIpc) is 3.16. The third kappa shape index (κ3) is 6.67. The van der Waals surface area contributed by atoms with Crippen LogP contribution in [0.5, 0.6) is 5.75 Å². The second-order valence-corrected chi connectivity index (χ2v) is 9.89. The van der Waals surface area contributed by atoms with Crippen LogP contribution in [0.15, 0.2) is 76.7 Å². The maximum absolute atomic E-state index is 12.3. The van der Waals surface area contributed by atoms with Gasteiger partial charge in [0, 0.05) is 30.1 Å². The molecule has 3 aromatic carbocycles. The summed E-state index contributed by atoms with van der Waals surface area (Å²) in [4.78, 5) is 27.4. The Balaban J connectivity index is 1.48. The van der Waals surface area contributed by atoms with Gasteiger partial charge >= 0.3 is 6.09 Å². The lowest BCUT2D eigenvalue weighted by Crippen LogP contribution is -2.27. The molecule has 0 saturated carbocycles. The smallest absolute Gasteiger partial charge is 0.410 e. The largest absolute Gasteiger partial charge is 0.412 e. The number of allylic oxidation sites excluding steroid dienone is 1. The van der Waals surface area contributed by atoms with E-state index >= 15 is 0 Å². The Bertz CT molecular complexity index is 1240. The van der Waals surface area contributed by atoms with Gasteiger partial charge in [-0.2, -0.15) is 0 Å². The standard InChI is InChI=1S/C29H32N2O3S/c1-3-4-5-6-9-16-30-29(33)34-25-14-15-27-26(19-25)31(28(35-27)17-21(2)32)20-22-12-13-23-10-7-8-11-24(23)18-22/h7-8,10-15,17-19H,3-6,9,16,20H2,1-2H3,(H,30,33)/b28-17-. The van der Waals surface area contributed by atoms with Crippen LogP contribution in [0.1, 0.15) is 51.5 Å². The fourth-order valence-corrected chi connectivity index (χ4v) is 5.30. The maximum atomic E-state index is 12.3. The van der Waals surface area contributed by atoms with E-state index in [0.717, 1.165) is 34.0 Å². The van der Waals surface area contributed by atoms with E-state index in [2.05, 4.69) is 47.5 Å². The van der Waals surface area contributed by atoms with Crippen molar-refractivity contribution in [3.05, 3.63) is 77.3 Å². The lowest BCUT2D eigenvalue weighted by molar-refractivity contribution is -0.112. The topological polar surface area (TPSA) is 58.6 Å². The molecular formula is C29H32N2O3S. The molecule has 5 nitrogen and oxygen atoms in total. The molecule has 1 N–H and O–H groups in total. The first-order valence-corrected chi connectivity index (χ1v) is 13.1. The Hall–Kier alpha value is -3.25. The van der Waals surface area contributed by atoms with Crippen LogP contribution >= 0.6 is 11.8 Å². The number of nitrogens with zero attached hydrogens (tertiary/aromatic N) is 1. The number of carbonyl (C=O) groups is 2. The summed E-state index contributed by atoms with van der Waals surface area (Å²) in [5.41, 5.74) is 2.07. The Kier molecular flexibility index (Phi) is 8.48. The number of carbonyl (C=O) groups excluding carboxylic acids is 2. The van der Waals surface area contributed by atoms with Gasteiger partial charge in [-0.25, -0.2) is 4.79 Å². The highest BCUT2D eigenvalue weighted by Gasteiger charge is 2.27. The minimum absolute atomic E-state index is 0.00129. The number of hydrogen-bond donors (Lipinski definition) is 1. The number of amides is 1. The summed E-state index contributed by atoms with van der Waals surface area (Å²) in [7, 11) is 0. The highest BCUT2D eigenvalue weighted by molar-refractivity contribution is 8.03. The second-order valence-electron chi connectivity index (χ2n) is 8.82. The van der Waals surface area contributed by atoms with Gasteiger partial charge in [-0.15, -0.1) is 0 Å². The normalized spacial score (nSPS) is 13.8. The van der Waals surface area contributed by atoms with Crippen LogP contribution in [-0.4, -0.2) is 18.4 Å². The third-order valence-electron chi connectivity index (χ3n) is 5.94. The number of ketones is 1. The maximum Gasteiger partial charge on any atom is 0.412 e. The molecule has 1 aliphatic rings. The van der Waals surface area contributed by atoms with Crippen molar-refractivity contribution in [3.8, 4) is 5.75 Å². The van der Waals surface area contributed by atoms with E-state index in [4.69, 9.17) is 4.74 Å². The molecule has 1 heterocycles. The van der Waals surface area contributed by atoms with Crippen LogP contribution in [0.4, 0.5) is 10.5 Å². The molecule has 182 valence electrons. The van der Waals surface area contributed by atoms with E-state index in [9.17, 15) is 9.59 Å². The van der Waals surface area contributed by atoms with E-state index < -0.39 is 6.09 Å². The summed E-state index contributed by atoms with van der Waals surface area (Å²) in [6.45, 7) is 4.97. The van der Waals surface area contributed by atoms with Gasteiger partial charge in [-0.05, 0) is 47.9 Å². The van der Waals surface area contributed by atoms with Crippen molar-refractivity contribution in [1.82, 2.24) is 5.32 Å². The number of hydrogen-bond acceptors (Lipinski definition) is 5. The van der Waals surface area contributed by atoms with Gasteiger partial charge in [0.25, 0.3) is 0 Å². The first kappa shape index (κ1) is 24.9. The predicted octanol–water partition coefficient (Wildman–Crippen LogP) is 7.44. The summed E-state index contributed by atoms with van der Waals surface area (Å²) < 4.78 is 5.57. The fraction of sp³-hybridized carbons (Fsp3) is 0.310. The van der Waals surface area contributed by atoms with Gasteiger partial charge in [0.15, 0.2) is 5.78 Å². The zero-order chi connectivity index (χ0) is 24.6. The molecule has 0 bridgehead atoms. The predicted molar refractivity (Wildman–Crippen MR) is 144 cm³/mol. The second kappa shape index (κ2) is 11.9. The number of rotatable bonds is 10. The Morgan fingerprint density at radius 3 is 2.57 bits per heavy atom. The van der Waals surface area contributed by atoms with Crippen molar-refractivity contribution < 1.29 is 14.3 Å². The summed E-state index contributed by atoms with van der Waals surface area (Å²) >= 11 is 1.56. The van der Waals surface area contributed by atoms with Crippen molar-refractivity contribution in [2.24, 2.45) is 0 Å². The molecule has 0 aliphatic carbocycles. The van der Waals surface area contributed by atoms with Crippen LogP contribution in [0, 0.1) is 0 Å². The molecule has 3 aromatic rings. The first-order chi connectivity index (χ1) is 17.0. The Labute approximate surface area is 211 Å². The third-order valence-corrected chi connectivity index (χ3v) is 7.06. The molecule has 0 aromatic heterocycles.